The molecule has 3 aliphatic rings. The van der Waals surface area contributed by atoms with Crippen LogP contribution < -0.4 is 15.4 Å². The Bertz CT molecular complexity index is 3310. The van der Waals surface area contributed by atoms with E-state index < -0.39 is 80.0 Å². The van der Waals surface area contributed by atoms with Gasteiger partial charge in [-0.15, -0.1) is 11.3 Å². The number of β-amino-alcohol motifs (C(OH)–C–C–N with tert-alkyl or cyclic N) is 1. The van der Waals surface area contributed by atoms with E-state index in [2.05, 4.69) is 54.1 Å². The second-order valence-corrected chi connectivity index (χ2v) is 24.6. The largest absolute Gasteiger partial charge is 0.492 e. The lowest BCUT2D eigenvalue weighted by molar-refractivity contribution is -0.141. The van der Waals surface area contributed by atoms with Crippen LogP contribution in [0.2, 0.25) is 0 Å². The summed E-state index contributed by atoms with van der Waals surface area (Å²) in [4.78, 5) is 60.2. The normalized spacial score (nSPS) is 18.9. The van der Waals surface area contributed by atoms with E-state index >= 15 is 8.78 Å². The lowest BCUT2D eigenvalue weighted by Gasteiger charge is -2.36. The summed E-state index contributed by atoms with van der Waals surface area (Å²) < 4.78 is 83.5. The second-order valence-electron chi connectivity index (χ2n) is 21.8. The predicted octanol–water partition coefficient (Wildman–Crippen LogP) is 6.85. The number of carbonyl (C=O) groups is 3. The fourth-order valence-corrected chi connectivity index (χ4v) is 12.7. The van der Waals surface area contributed by atoms with Gasteiger partial charge in [-0.3, -0.25) is 24.2 Å². The van der Waals surface area contributed by atoms with Gasteiger partial charge in [0.15, 0.2) is 0 Å². The number of aromatic nitrogens is 3. The number of benzene rings is 3. The van der Waals surface area contributed by atoms with Crippen LogP contribution >= 0.6 is 11.3 Å². The molecule has 22 heteroatoms. The summed E-state index contributed by atoms with van der Waals surface area (Å²) in [5.74, 6) is -4.32. The Morgan fingerprint density at radius 3 is 2.29 bits per heavy atom. The average Bonchev–Trinajstić information content (AvgIpc) is 4.31. The highest BCUT2D eigenvalue weighted by molar-refractivity contribution is 7.88. The van der Waals surface area contributed by atoms with Crippen molar-refractivity contribution in [2.24, 2.45) is 5.41 Å². The molecule has 3 fully saturated rings. The summed E-state index contributed by atoms with van der Waals surface area (Å²) >= 11 is 1.60. The number of sulfonamides is 1. The number of nitrogens with one attached hydrogen (secondary N) is 3. The van der Waals surface area contributed by atoms with Crippen molar-refractivity contribution >= 4 is 50.0 Å². The van der Waals surface area contributed by atoms with Crippen molar-refractivity contribution in [3.63, 3.8) is 0 Å². The van der Waals surface area contributed by atoms with Crippen molar-refractivity contribution in [3.05, 3.63) is 136 Å². The monoisotopic (exact) mass is 1140 g/mol. The molecular formula is C58H68F3N9O8S2. The van der Waals surface area contributed by atoms with E-state index in [4.69, 9.17) is 9.47 Å². The number of aryl methyl sites for hydroxylation is 1. The summed E-state index contributed by atoms with van der Waals surface area (Å²) in [6, 6.07) is 17.8. The third-order valence-corrected chi connectivity index (χ3v) is 17.7. The number of amides is 2. The molecule has 9 rings (SSSR count). The number of aliphatic hydroxyl groups excluding tert-OH is 1. The maximum absolute atomic E-state index is 15.8. The molecule has 6 heterocycles. The number of H-pyrrole nitrogens is 1. The first-order chi connectivity index (χ1) is 38.2. The standard InChI is InChI=1S/C58H68F3N9O8S2/c1-36(62-28-38-6-8-40(9-7-38)54-37(2)65-35-79-54)49-27-44(71)32-70(49)57(74)55(58(3,4)5)66-50(72)33-77-24-22-67-18-20-68(21-19-67)23-25-78-45-13-10-39(11-14-45)42-26-46-47(30-64-56(46)63-29-42)53(73)51-48(60)15-12-41(52(51)61)34-80(75,76)69-17-16-43(59)31-69/h6-15,26,29-30,35,43-44,49,55,62,71H,1,16-25,27-28,31-34H2,2-5H3,(H,63,64)(H,66,72)/t43-,44-,49+,55-/m1/s1. The molecule has 4 N–H and O–H groups in total. The maximum atomic E-state index is 15.8. The van der Waals surface area contributed by atoms with Crippen LogP contribution in [0.5, 0.6) is 5.75 Å². The van der Waals surface area contributed by atoms with Crippen LogP contribution in [0.1, 0.15) is 66.4 Å². The van der Waals surface area contributed by atoms with Crippen LogP contribution in [0.25, 0.3) is 32.6 Å². The third kappa shape index (κ3) is 13.8. The molecule has 4 atom stereocenters. The van der Waals surface area contributed by atoms with Gasteiger partial charge in [-0.25, -0.2) is 31.6 Å². The first-order valence-electron chi connectivity index (χ1n) is 26.8. The smallest absolute Gasteiger partial charge is 0.246 e. The molecule has 0 spiro atoms. The van der Waals surface area contributed by atoms with Gasteiger partial charge in [-0.1, -0.05) is 69.8 Å². The van der Waals surface area contributed by atoms with Gasteiger partial charge in [0, 0.05) is 112 Å². The molecule has 426 valence electrons. The summed E-state index contributed by atoms with van der Waals surface area (Å²) in [5, 5.41) is 17.3. The summed E-state index contributed by atoms with van der Waals surface area (Å²) in [6.45, 7) is 17.3. The summed E-state index contributed by atoms with van der Waals surface area (Å²) in [6.07, 6.45) is 1.23. The number of aliphatic hydroxyl groups is 1. The van der Waals surface area contributed by atoms with Crippen LogP contribution in [0, 0.1) is 24.0 Å². The van der Waals surface area contributed by atoms with Crippen molar-refractivity contribution < 1.29 is 50.6 Å². The van der Waals surface area contributed by atoms with Crippen LogP contribution in [0.15, 0.2) is 96.9 Å². The number of thiazole rings is 1. The van der Waals surface area contributed by atoms with Crippen LogP contribution in [-0.4, -0.2) is 168 Å². The number of ketones is 1. The highest BCUT2D eigenvalue weighted by Gasteiger charge is 2.43. The number of hydrogen-bond acceptors (Lipinski definition) is 14. The van der Waals surface area contributed by atoms with E-state index in [1.807, 2.05) is 69.6 Å². The second kappa shape index (κ2) is 25.1. The number of pyridine rings is 1. The molecule has 3 saturated heterocycles. The van der Waals surface area contributed by atoms with Gasteiger partial charge in [0.05, 0.1) is 46.2 Å². The molecule has 3 aromatic carbocycles. The van der Waals surface area contributed by atoms with Crippen molar-refractivity contribution in [1.82, 2.24) is 44.6 Å². The number of likely N-dealkylation sites (tertiary alicyclic amines) is 1. The van der Waals surface area contributed by atoms with Gasteiger partial charge >= 0.3 is 0 Å². The number of hydrogen-bond donors (Lipinski definition) is 4. The lowest BCUT2D eigenvalue weighted by Crippen LogP contribution is -2.57. The van der Waals surface area contributed by atoms with Crippen LogP contribution in [-0.2, 0) is 36.6 Å². The molecule has 17 nitrogen and oxygen atoms in total. The summed E-state index contributed by atoms with van der Waals surface area (Å²) in [5.41, 5.74) is 5.31. The molecular weight excluding hydrogens is 1070 g/mol. The molecule has 0 unspecified atom stereocenters. The third-order valence-electron chi connectivity index (χ3n) is 15.0. The Balaban J connectivity index is 0.690. The first-order valence-corrected chi connectivity index (χ1v) is 29.3. The number of halogens is 3. The Kier molecular flexibility index (Phi) is 18.2. The van der Waals surface area contributed by atoms with Crippen molar-refractivity contribution in [3.8, 4) is 27.3 Å². The molecule has 6 aromatic rings. The van der Waals surface area contributed by atoms with Crippen molar-refractivity contribution in [1.29, 1.82) is 0 Å². The molecule has 0 bridgehead atoms. The topological polar surface area (TPSA) is 203 Å². The van der Waals surface area contributed by atoms with E-state index in [1.165, 1.54) is 6.20 Å². The number of alkyl halides is 1. The maximum Gasteiger partial charge on any atom is 0.246 e. The Hall–Kier alpha value is -6.53. The number of fused-ring (bicyclic) bond motifs is 1. The zero-order chi connectivity index (χ0) is 56.9. The Morgan fingerprint density at radius 1 is 0.925 bits per heavy atom. The fraction of sp³-hybridized carbons (Fsp3) is 0.431. The molecule has 3 aromatic heterocycles. The number of ether oxygens (including phenoxy) is 2. The number of piperazine rings is 1. The van der Waals surface area contributed by atoms with Crippen LogP contribution in [0.4, 0.5) is 13.2 Å². The Morgan fingerprint density at radius 2 is 1.62 bits per heavy atom. The number of carbonyl (C=O) groups excluding carboxylic acids is 3. The van der Waals surface area contributed by atoms with Crippen molar-refractivity contribution in [2.45, 2.75) is 77.2 Å². The minimum Gasteiger partial charge on any atom is -0.492 e. The van der Waals surface area contributed by atoms with E-state index in [0.717, 1.165) is 69.9 Å². The summed E-state index contributed by atoms with van der Waals surface area (Å²) in [7, 11) is -4.12. The van der Waals surface area contributed by atoms with Gasteiger partial charge in [-0.2, -0.15) is 4.31 Å². The minimum absolute atomic E-state index is 0.0317. The first kappa shape index (κ1) is 58.1. The average molecular weight is 1140 g/mol. The fourth-order valence-electron chi connectivity index (χ4n) is 10.3. The van der Waals surface area contributed by atoms with Gasteiger partial charge in [0.1, 0.15) is 48.5 Å². The number of aromatic amines is 1. The molecule has 2 amide bonds. The molecule has 0 radical (unpaired) electrons. The molecule has 80 heavy (non-hydrogen) atoms. The van der Waals surface area contributed by atoms with Gasteiger partial charge in [0.25, 0.3) is 0 Å². The molecule has 3 aliphatic heterocycles. The van der Waals surface area contributed by atoms with Crippen LogP contribution in [0.3, 0.4) is 0 Å². The van der Waals surface area contributed by atoms with E-state index in [-0.39, 0.29) is 44.1 Å². The zero-order valence-electron chi connectivity index (χ0n) is 45.4. The van der Waals surface area contributed by atoms with Gasteiger partial charge in [0.2, 0.25) is 27.6 Å². The van der Waals surface area contributed by atoms with E-state index in [1.54, 1.807) is 28.5 Å². The Labute approximate surface area is 468 Å². The van der Waals surface area contributed by atoms with Gasteiger partial charge in [-0.05, 0) is 59.7 Å². The van der Waals surface area contributed by atoms with E-state index in [0.29, 0.717) is 67.3 Å². The zero-order valence-corrected chi connectivity index (χ0v) is 47.0. The SMILES string of the molecule is C=C(NCc1ccc(-c2scnc2C)cc1)[C@@H]1C[C@@H](O)CN1C(=O)[C@@H](NC(=O)COCCN1CCN(CCOc2ccc(-c3cnc4[nH]cc(C(=O)c5c(F)ccc(CS(=O)(=O)N6CC[C@@H](F)C6)c5F)c4c3)cc2)CC1)C(C)(C)C. The lowest BCUT2D eigenvalue weighted by atomic mass is 9.85. The number of nitrogens with zero attached hydrogens (tertiary/aromatic N) is 6. The highest BCUT2D eigenvalue weighted by Crippen LogP contribution is 2.33. The van der Waals surface area contributed by atoms with Gasteiger partial charge < -0.3 is 35.1 Å². The van der Waals surface area contributed by atoms with Crippen molar-refractivity contribution in [2.75, 3.05) is 78.7 Å². The predicted molar refractivity (Wildman–Crippen MR) is 300 cm³/mol. The quantitative estimate of drug-likeness (QED) is 0.0407. The highest BCUT2D eigenvalue weighted by atomic mass is 32.2. The van der Waals surface area contributed by atoms with E-state index in [9.17, 15) is 32.3 Å². The molecule has 0 aliphatic carbocycles. The number of rotatable bonds is 22. The minimum atomic E-state index is -4.12. The molecule has 0 saturated carbocycles.